The van der Waals surface area contributed by atoms with Gasteiger partial charge in [-0.1, -0.05) is 6.92 Å². The summed E-state index contributed by atoms with van der Waals surface area (Å²) in [6, 6.07) is 0.283. The zero-order valence-electron chi connectivity index (χ0n) is 9.37. The summed E-state index contributed by atoms with van der Waals surface area (Å²) < 4.78 is 0. The van der Waals surface area contributed by atoms with Gasteiger partial charge in [0.15, 0.2) is 0 Å². The number of rotatable bonds is 1. The zero-order valence-corrected chi connectivity index (χ0v) is 9.37. The minimum atomic E-state index is -0.810. The third-order valence-electron chi connectivity index (χ3n) is 2.50. The largest absolute Gasteiger partial charge is 0.465 e. The number of carbonyl (C=O) groups is 1. The van der Waals surface area contributed by atoms with Crippen molar-refractivity contribution >= 4 is 6.09 Å². The summed E-state index contributed by atoms with van der Waals surface area (Å²) in [4.78, 5) is 12.2. The first-order chi connectivity index (χ1) is 6.29. The maximum absolute atomic E-state index is 10.8. The maximum Gasteiger partial charge on any atom is 0.407 e. The second kappa shape index (κ2) is 3.77. The number of nitrogens with zero attached hydrogens (tertiary/aromatic N) is 1. The van der Waals surface area contributed by atoms with E-state index in [1.165, 1.54) is 4.90 Å². The molecule has 0 spiro atoms. The van der Waals surface area contributed by atoms with Crippen LogP contribution in [0.4, 0.5) is 4.79 Å². The molecule has 1 heterocycles. The smallest absolute Gasteiger partial charge is 0.407 e. The molecule has 0 aliphatic carbocycles. The van der Waals surface area contributed by atoms with E-state index in [2.05, 4.69) is 33.0 Å². The quantitative estimate of drug-likeness (QED) is 0.672. The molecule has 0 saturated carbocycles. The summed E-state index contributed by atoms with van der Waals surface area (Å²) in [7, 11) is 0. The lowest BCUT2D eigenvalue weighted by Crippen LogP contribution is -2.47. The second-order valence-corrected chi connectivity index (χ2v) is 5.17. The molecule has 0 radical (unpaired) electrons. The average molecular weight is 200 g/mol. The molecule has 2 N–H and O–H groups in total. The molecule has 1 rings (SSSR count). The lowest BCUT2D eigenvalue weighted by Gasteiger charge is -2.27. The van der Waals surface area contributed by atoms with Crippen molar-refractivity contribution in [1.82, 2.24) is 10.2 Å². The van der Waals surface area contributed by atoms with Crippen LogP contribution in [0.5, 0.6) is 0 Å². The van der Waals surface area contributed by atoms with Gasteiger partial charge in [0, 0.05) is 24.7 Å². The van der Waals surface area contributed by atoms with Crippen molar-refractivity contribution in [1.29, 1.82) is 0 Å². The van der Waals surface area contributed by atoms with E-state index >= 15 is 0 Å². The third-order valence-corrected chi connectivity index (χ3v) is 2.50. The molecule has 2 unspecified atom stereocenters. The fourth-order valence-corrected chi connectivity index (χ4v) is 1.87. The van der Waals surface area contributed by atoms with E-state index in [0.717, 1.165) is 0 Å². The lowest BCUT2D eigenvalue weighted by molar-refractivity contribution is 0.153. The van der Waals surface area contributed by atoms with Gasteiger partial charge in [0.05, 0.1) is 0 Å². The molecule has 4 nitrogen and oxygen atoms in total. The van der Waals surface area contributed by atoms with Crippen LogP contribution in [0.1, 0.15) is 27.7 Å². The first kappa shape index (κ1) is 11.3. The van der Waals surface area contributed by atoms with Gasteiger partial charge in [-0.2, -0.15) is 0 Å². The molecule has 0 aromatic rings. The Hall–Kier alpha value is -0.770. The first-order valence-corrected chi connectivity index (χ1v) is 5.05. The van der Waals surface area contributed by atoms with Gasteiger partial charge < -0.3 is 15.3 Å². The molecule has 0 bridgehead atoms. The van der Waals surface area contributed by atoms with Crippen molar-refractivity contribution < 1.29 is 9.90 Å². The van der Waals surface area contributed by atoms with E-state index in [1.807, 2.05) is 0 Å². The van der Waals surface area contributed by atoms with Crippen LogP contribution in [0, 0.1) is 5.92 Å². The fourth-order valence-electron chi connectivity index (χ4n) is 1.87. The van der Waals surface area contributed by atoms with Gasteiger partial charge >= 0.3 is 6.09 Å². The predicted molar refractivity (Wildman–Crippen MR) is 55.4 cm³/mol. The first-order valence-electron chi connectivity index (χ1n) is 5.05. The van der Waals surface area contributed by atoms with Gasteiger partial charge in [-0.3, -0.25) is 0 Å². The maximum atomic E-state index is 10.8. The Morgan fingerprint density at radius 3 is 2.36 bits per heavy atom. The van der Waals surface area contributed by atoms with Crippen molar-refractivity contribution in [3.63, 3.8) is 0 Å². The summed E-state index contributed by atoms with van der Waals surface area (Å²) in [5.74, 6) is 0.394. The van der Waals surface area contributed by atoms with Crippen LogP contribution >= 0.6 is 0 Å². The van der Waals surface area contributed by atoms with Crippen molar-refractivity contribution in [2.75, 3.05) is 13.1 Å². The van der Waals surface area contributed by atoms with Gasteiger partial charge in [-0.25, -0.2) is 4.79 Å². The van der Waals surface area contributed by atoms with Crippen LogP contribution in [0.25, 0.3) is 0 Å². The SMILES string of the molecule is CC1CN(C(=O)O)CC1NC(C)(C)C. The molecular weight excluding hydrogens is 180 g/mol. The van der Waals surface area contributed by atoms with Crippen LogP contribution in [0.15, 0.2) is 0 Å². The van der Waals surface area contributed by atoms with E-state index in [4.69, 9.17) is 5.11 Å². The van der Waals surface area contributed by atoms with Crippen molar-refractivity contribution in [3.05, 3.63) is 0 Å². The van der Waals surface area contributed by atoms with Crippen LogP contribution in [0.3, 0.4) is 0 Å². The average Bonchev–Trinajstić information content (AvgIpc) is 2.29. The Balaban J connectivity index is 2.53. The number of likely N-dealkylation sites (tertiary alicyclic amines) is 1. The molecular formula is C10H20N2O2. The van der Waals surface area contributed by atoms with Crippen molar-refractivity contribution in [2.45, 2.75) is 39.3 Å². The highest BCUT2D eigenvalue weighted by Crippen LogP contribution is 2.18. The Kier molecular flexibility index (Phi) is 3.04. The van der Waals surface area contributed by atoms with Crippen LogP contribution < -0.4 is 5.32 Å². The molecule has 0 aromatic carbocycles. The number of hydrogen-bond donors (Lipinski definition) is 2. The molecule has 1 amide bonds. The van der Waals surface area contributed by atoms with Crippen LogP contribution in [-0.4, -0.2) is 40.8 Å². The minimum Gasteiger partial charge on any atom is -0.465 e. The third kappa shape index (κ3) is 2.87. The van der Waals surface area contributed by atoms with Crippen LogP contribution in [0.2, 0.25) is 0 Å². The number of amides is 1. The minimum absolute atomic E-state index is 0.0490. The van der Waals surface area contributed by atoms with E-state index in [1.54, 1.807) is 0 Å². The fraction of sp³-hybridized carbons (Fsp3) is 0.900. The Morgan fingerprint density at radius 2 is 2.00 bits per heavy atom. The van der Waals surface area contributed by atoms with Gasteiger partial charge in [-0.15, -0.1) is 0 Å². The Labute approximate surface area is 85.3 Å². The summed E-state index contributed by atoms with van der Waals surface area (Å²) in [5, 5.41) is 12.3. The molecule has 2 atom stereocenters. The van der Waals surface area contributed by atoms with Gasteiger partial charge in [0.1, 0.15) is 0 Å². The molecule has 82 valence electrons. The van der Waals surface area contributed by atoms with Gasteiger partial charge in [0.25, 0.3) is 0 Å². The Morgan fingerprint density at radius 1 is 1.43 bits per heavy atom. The van der Waals surface area contributed by atoms with E-state index in [9.17, 15) is 4.79 Å². The standard InChI is InChI=1S/C10H20N2O2/c1-7-5-12(9(13)14)6-8(7)11-10(2,3)4/h7-8,11H,5-6H2,1-4H3,(H,13,14). The molecule has 14 heavy (non-hydrogen) atoms. The highest BCUT2D eigenvalue weighted by molar-refractivity contribution is 5.65. The summed E-state index contributed by atoms with van der Waals surface area (Å²) in [5.41, 5.74) is 0.0490. The van der Waals surface area contributed by atoms with E-state index in [0.29, 0.717) is 19.0 Å². The molecule has 1 aliphatic rings. The summed E-state index contributed by atoms with van der Waals surface area (Å²) >= 11 is 0. The van der Waals surface area contributed by atoms with E-state index in [-0.39, 0.29) is 11.6 Å². The van der Waals surface area contributed by atoms with Crippen molar-refractivity contribution in [2.24, 2.45) is 5.92 Å². The lowest BCUT2D eigenvalue weighted by atomic mass is 10.0. The predicted octanol–water partition coefficient (Wildman–Crippen LogP) is 1.37. The van der Waals surface area contributed by atoms with E-state index < -0.39 is 6.09 Å². The van der Waals surface area contributed by atoms with Gasteiger partial charge in [-0.05, 0) is 26.7 Å². The molecule has 1 aliphatic heterocycles. The Bertz CT molecular complexity index is 223. The second-order valence-electron chi connectivity index (χ2n) is 5.17. The van der Waals surface area contributed by atoms with Crippen LogP contribution in [-0.2, 0) is 0 Å². The number of hydrogen-bond acceptors (Lipinski definition) is 2. The molecule has 4 heteroatoms. The molecule has 0 aromatic heterocycles. The van der Waals surface area contributed by atoms with Gasteiger partial charge in [0.2, 0.25) is 0 Å². The monoisotopic (exact) mass is 200 g/mol. The highest BCUT2D eigenvalue weighted by Gasteiger charge is 2.33. The number of nitrogens with one attached hydrogen (secondary N) is 1. The summed E-state index contributed by atoms with van der Waals surface area (Å²) in [6.07, 6.45) is -0.810. The van der Waals surface area contributed by atoms with Crippen molar-refractivity contribution in [3.8, 4) is 0 Å². The topological polar surface area (TPSA) is 52.6 Å². The zero-order chi connectivity index (χ0) is 10.9. The molecule has 1 saturated heterocycles. The summed E-state index contributed by atoms with van der Waals surface area (Å²) in [6.45, 7) is 9.64. The molecule has 1 fully saturated rings. The highest BCUT2D eigenvalue weighted by atomic mass is 16.4. The normalized spacial score (nSPS) is 28.1. The number of carboxylic acid groups (broad SMARTS) is 1.